The van der Waals surface area contributed by atoms with E-state index in [-0.39, 0.29) is 45.5 Å². The molecule has 0 radical (unpaired) electrons. The first-order valence-electron chi connectivity index (χ1n) is 14.8. The molecule has 0 fully saturated rings. The van der Waals surface area contributed by atoms with Crippen LogP contribution in [0.1, 0.15) is 37.0 Å². The zero-order valence-electron chi connectivity index (χ0n) is 25.8. The summed E-state index contributed by atoms with van der Waals surface area (Å²) in [6, 6.07) is 25.9. The van der Waals surface area contributed by atoms with Gasteiger partial charge in [-0.25, -0.2) is 8.42 Å². The Kier molecular flexibility index (Phi) is 12.1. The highest BCUT2D eigenvalue weighted by atomic mass is 35.5. The van der Waals surface area contributed by atoms with Gasteiger partial charge in [-0.05, 0) is 67.8 Å². The van der Waals surface area contributed by atoms with Crippen molar-refractivity contribution in [1.82, 2.24) is 10.2 Å². The van der Waals surface area contributed by atoms with Crippen LogP contribution in [-0.4, -0.2) is 43.8 Å². The van der Waals surface area contributed by atoms with Gasteiger partial charge in [0.25, 0.3) is 10.0 Å². The Morgan fingerprint density at radius 1 is 0.826 bits per heavy atom. The molecule has 0 spiro atoms. The van der Waals surface area contributed by atoms with E-state index in [2.05, 4.69) is 5.32 Å². The fourth-order valence-electron chi connectivity index (χ4n) is 4.81. The molecule has 0 heterocycles. The fourth-order valence-corrected chi connectivity index (χ4v) is 6.71. The van der Waals surface area contributed by atoms with Crippen molar-refractivity contribution < 1.29 is 18.0 Å². The molecular weight excluding hydrogens is 665 g/mol. The van der Waals surface area contributed by atoms with Gasteiger partial charge in [0.1, 0.15) is 12.6 Å². The summed E-state index contributed by atoms with van der Waals surface area (Å²) in [4.78, 5) is 29.9. The van der Waals surface area contributed by atoms with Crippen molar-refractivity contribution in [3.63, 3.8) is 0 Å². The predicted molar refractivity (Wildman–Crippen MR) is 186 cm³/mol. The van der Waals surface area contributed by atoms with Crippen molar-refractivity contribution in [2.45, 2.75) is 57.1 Å². The second-order valence-electron chi connectivity index (χ2n) is 11.1. The SMILES string of the molecule is CC[C@@H](C)NC(=O)[C@H](Cc1ccccc1)N(Cc1ccccc1Cl)C(=O)CN(c1ccc(Cl)c(Cl)c1)S(=O)(=O)c1ccc(C)cc1. The molecule has 2 atom stereocenters. The fraction of sp³-hybridized carbons (Fsp3) is 0.257. The van der Waals surface area contributed by atoms with E-state index in [0.717, 1.165) is 15.4 Å². The van der Waals surface area contributed by atoms with Crippen LogP contribution in [0, 0.1) is 6.92 Å². The lowest BCUT2D eigenvalue weighted by molar-refractivity contribution is -0.140. The monoisotopic (exact) mass is 699 g/mol. The Morgan fingerprint density at radius 3 is 2.11 bits per heavy atom. The van der Waals surface area contributed by atoms with Gasteiger partial charge in [-0.15, -0.1) is 0 Å². The third-order valence-corrected chi connectivity index (χ3v) is 10.5. The lowest BCUT2D eigenvalue weighted by atomic mass is 10.0. The topological polar surface area (TPSA) is 86.8 Å². The first-order valence-corrected chi connectivity index (χ1v) is 17.4. The number of benzene rings is 4. The number of anilines is 1. The van der Waals surface area contributed by atoms with Gasteiger partial charge < -0.3 is 10.2 Å². The third-order valence-electron chi connectivity index (χ3n) is 7.65. The number of nitrogens with one attached hydrogen (secondary N) is 1. The maximum atomic E-state index is 14.6. The van der Waals surface area contributed by atoms with Gasteiger partial charge in [0.2, 0.25) is 11.8 Å². The van der Waals surface area contributed by atoms with Gasteiger partial charge in [-0.3, -0.25) is 13.9 Å². The number of rotatable bonds is 13. The van der Waals surface area contributed by atoms with Gasteiger partial charge >= 0.3 is 0 Å². The molecule has 11 heteroatoms. The number of sulfonamides is 1. The molecule has 4 aromatic carbocycles. The number of amides is 2. The van der Waals surface area contributed by atoms with E-state index in [1.807, 2.05) is 51.1 Å². The van der Waals surface area contributed by atoms with Crippen molar-refractivity contribution in [2.24, 2.45) is 0 Å². The summed E-state index contributed by atoms with van der Waals surface area (Å²) in [5.74, 6) is -0.969. The molecule has 2 amide bonds. The first-order chi connectivity index (χ1) is 21.9. The van der Waals surface area contributed by atoms with Crippen molar-refractivity contribution in [3.05, 3.63) is 129 Å². The van der Waals surface area contributed by atoms with Crippen LogP contribution in [0.25, 0.3) is 0 Å². The van der Waals surface area contributed by atoms with Crippen LogP contribution in [0.4, 0.5) is 5.69 Å². The smallest absolute Gasteiger partial charge is 0.264 e. The summed E-state index contributed by atoms with van der Waals surface area (Å²) < 4.78 is 29.3. The molecule has 0 aliphatic rings. The van der Waals surface area contributed by atoms with E-state index in [4.69, 9.17) is 34.8 Å². The highest BCUT2D eigenvalue weighted by Crippen LogP contribution is 2.31. The van der Waals surface area contributed by atoms with Crippen LogP contribution < -0.4 is 9.62 Å². The minimum atomic E-state index is -4.28. The average Bonchev–Trinajstić information content (AvgIpc) is 3.04. The molecular formula is C35H36Cl3N3O4S. The van der Waals surface area contributed by atoms with E-state index in [1.54, 1.807) is 36.4 Å². The normalized spacial score (nSPS) is 12.7. The lowest BCUT2D eigenvalue weighted by Crippen LogP contribution is -2.54. The maximum absolute atomic E-state index is 14.6. The Labute approximate surface area is 286 Å². The summed E-state index contributed by atoms with van der Waals surface area (Å²) in [5.41, 5.74) is 2.45. The molecule has 0 aliphatic heterocycles. The van der Waals surface area contributed by atoms with Crippen molar-refractivity contribution >= 4 is 62.3 Å². The highest BCUT2D eigenvalue weighted by molar-refractivity contribution is 7.92. The van der Waals surface area contributed by atoms with Gasteiger partial charge in [-0.1, -0.05) is 108 Å². The number of halogens is 3. The van der Waals surface area contributed by atoms with Gasteiger partial charge in [0, 0.05) is 24.0 Å². The Morgan fingerprint density at radius 2 is 1.48 bits per heavy atom. The van der Waals surface area contributed by atoms with Gasteiger partial charge in [0.05, 0.1) is 20.6 Å². The predicted octanol–water partition coefficient (Wildman–Crippen LogP) is 7.71. The maximum Gasteiger partial charge on any atom is 0.264 e. The third kappa shape index (κ3) is 8.82. The minimum absolute atomic E-state index is 0.00928. The average molecular weight is 701 g/mol. The van der Waals surface area contributed by atoms with Crippen LogP contribution in [0.3, 0.4) is 0 Å². The molecule has 4 aromatic rings. The Hall–Kier alpha value is -3.56. The van der Waals surface area contributed by atoms with Gasteiger partial charge in [-0.2, -0.15) is 0 Å². The second-order valence-corrected chi connectivity index (χ2v) is 14.1. The molecule has 46 heavy (non-hydrogen) atoms. The first kappa shape index (κ1) is 35.3. The summed E-state index contributed by atoms with van der Waals surface area (Å²) in [6.45, 7) is 5.03. The number of hydrogen-bond donors (Lipinski definition) is 1. The van der Waals surface area contributed by atoms with Crippen LogP contribution in [0.15, 0.2) is 102 Å². The zero-order chi connectivity index (χ0) is 33.4. The van der Waals surface area contributed by atoms with Crippen molar-refractivity contribution in [1.29, 1.82) is 0 Å². The van der Waals surface area contributed by atoms with Crippen LogP contribution in [0.2, 0.25) is 15.1 Å². The van der Waals surface area contributed by atoms with E-state index in [9.17, 15) is 18.0 Å². The largest absolute Gasteiger partial charge is 0.352 e. The van der Waals surface area contributed by atoms with E-state index >= 15 is 0 Å². The quantitative estimate of drug-likeness (QED) is 0.155. The highest BCUT2D eigenvalue weighted by Gasteiger charge is 2.35. The molecule has 0 saturated carbocycles. The van der Waals surface area contributed by atoms with Gasteiger partial charge in [0.15, 0.2) is 0 Å². The molecule has 1 N–H and O–H groups in total. The molecule has 7 nitrogen and oxygen atoms in total. The number of nitrogens with zero attached hydrogens (tertiary/aromatic N) is 2. The Balaban J connectivity index is 1.83. The summed E-state index contributed by atoms with van der Waals surface area (Å²) in [6.07, 6.45) is 0.874. The van der Waals surface area contributed by atoms with Crippen LogP contribution >= 0.6 is 34.8 Å². The molecule has 0 bridgehead atoms. The molecule has 242 valence electrons. The van der Waals surface area contributed by atoms with E-state index in [1.165, 1.54) is 35.2 Å². The summed E-state index contributed by atoms with van der Waals surface area (Å²) >= 11 is 19.0. The second kappa shape index (κ2) is 15.8. The summed E-state index contributed by atoms with van der Waals surface area (Å²) in [5, 5.41) is 3.78. The van der Waals surface area contributed by atoms with E-state index in [0.29, 0.717) is 17.0 Å². The minimum Gasteiger partial charge on any atom is -0.352 e. The number of carbonyl (C=O) groups excluding carboxylic acids is 2. The molecule has 0 saturated heterocycles. The van der Waals surface area contributed by atoms with Crippen molar-refractivity contribution in [2.75, 3.05) is 10.8 Å². The summed E-state index contributed by atoms with van der Waals surface area (Å²) in [7, 11) is -4.28. The molecule has 0 aliphatic carbocycles. The number of aryl methyl sites for hydroxylation is 1. The van der Waals surface area contributed by atoms with Crippen molar-refractivity contribution in [3.8, 4) is 0 Å². The standard InChI is InChI=1S/C35H36Cl3N3O4S/c1-4-25(3)39-35(43)33(20-26-10-6-5-7-11-26)40(22-27-12-8-9-13-30(27)36)34(42)23-41(28-16-19-31(37)32(38)21-28)46(44,45)29-17-14-24(2)15-18-29/h5-19,21,25,33H,4,20,22-23H2,1-3H3,(H,39,43)/t25-,33+/m1/s1. The van der Waals surface area contributed by atoms with Crippen LogP contribution in [-0.2, 0) is 32.6 Å². The molecule has 0 unspecified atom stereocenters. The van der Waals surface area contributed by atoms with E-state index < -0.39 is 28.5 Å². The number of hydrogen-bond acceptors (Lipinski definition) is 4. The Bertz CT molecular complexity index is 1770. The molecule has 4 rings (SSSR count). The lowest BCUT2D eigenvalue weighted by Gasteiger charge is -2.34. The van der Waals surface area contributed by atoms with Crippen LogP contribution in [0.5, 0.6) is 0 Å². The number of carbonyl (C=O) groups is 2. The zero-order valence-corrected chi connectivity index (χ0v) is 28.9. The molecule has 0 aromatic heterocycles.